The molecule has 104 valence electrons. The molecule has 2 atom stereocenters. The third-order valence-corrected chi connectivity index (χ3v) is 4.31. The topological polar surface area (TPSA) is 56.1 Å². The van der Waals surface area contributed by atoms with E-state index in [0.29, 0.717) is 0 Å². The highest BCUT2D eigenvalue weighted by molar-refractivity contribution is 5.83. The first-order chi connectivity index (χ1) is 9.69. The average Bonchev–Trinajstić information content (AvgIpc) is 2.94. The number of fused-ring (bicyclic) bond motifs is 1. The van der Waals surface area contributed by atoms with Gasteiger partial charge in [-0.1, -0.05) is 23.8 Å². The van der Waals surface area contributed by atoms with Gasteiger partial charge in [-0.2, -0.15) is 5.26 Å². The first kappa shape index (κ1) is 13.1. The molecular formula is C16H19N3O. The van der Waals surface area contributed by atoms with Gasteiger partial charge >= 0.3 is 0 Å². The van der Waals surface area contributed by atoms with Crippen LogP contribution in [0.4, 0.5) is 0 Å². The van der Waals surface area contributed by atoms with Crippen LogP contribution in [-0.2, 0) is 17.8 Å². The van der Waals surface area contributed by atoms with Gasteiger partial charge in [0.1, 0.15) is 6.04 Å². The number of carbonyl (C=O) groups is 1. The number of nitriles is 1. The number of nitrogens with zero attached hydrogens (tertiary/aromatic N) is 2. The molecule has 1 saturated heterocycles. The standard InChI is InChI=1S/C16H19N3O/c1-11-4-5-12-8-15(18-10-13(12)7-11)16(20)19-6-2-3-14(19)9-17/h4-5,7,14-15,18H,2-3,6,8,10H2,1H3/t14?,15-/m0/s1. The summed E-state index contributed by atoms with van der Waals surface area (Å²) in [6.07, 6.45) is 2.47. The molecule has 0 aromatic heterocycles. The molecule has 1 fully saturated rings. The number of aryl methyl sites for hydroxylation is 1. The van der Waals surface area contributed by atoms with E-state index in [2.05, 4.69) is 36.5 Å². The maximum absolute atomic E-state index is 12.6. The zero-order chi connectivity index (χ0) is 14.1. The van der Waals surface area contributed by atoms with Crippen LogP contribution in [0.25, 0.3) is 0 Å². The first-order valence-corrected chi connectivity index (χ1v) is 7.21. The van der Waals surface area contributed by atoms with E-state index in [0.717, 1.165) is 32.4 Å². The second-order valence-corrected chi connectivity index (χ2v) is 5.73. The Balaban J connectivity index is 1.75. The van der Waals surface area contributed by atoms with Crippen molar-refractivity contribution < 1.29 is 4.79 Å². The summed E-state index contributed by atoms with van der Waals surface area (Å²) in [5.74, 6) is 0.0836. The number of rotatable bonds is 1. The lowest BCUT2D eigenvalue weighted by atomic mass is 9.93. The van der Waals surface area contributed by atoms with Crippen LogP contribution in [0.5, 0.6) is 0 Å². The van der Waals surface area contributed by atoms with Gasteiger partial charge in [0, 0.05) is 13.1 Å². The Labute approximate surface area is 119 Å². The molecule has 1 amide bonds. The Morgan fingerprint density at radius 1 is 1.45 bits per heavy atom. The maximum Gasteiger partial charge on any atom is 0.241 e. The van der Waals surface area contributed by atoms with Crippen LogP contribution in [0.1, 0.15) is 29.5 Å². The molecule has 2 aliphatic rings. The third-order valence-electron chi connectivity index (χ3n) is 4.31. The molecule has 4 nitrogen and oxygen atoms in total. The van der Waals surface area contributed by atoms with E-state index in [4.69, 9.17) is 5.26 Å². The fourth-order valence-corrected chi connectivity index (χ4v) is 3.18. The van der Waals surface area contributed by atoms with Crippen molar-refractivity contribution >= 4 is 5.91 Å². The molecule has 1 aromatic carbocycles. The van der Waals surface area contributed by atoms with E-state index in [1.54, 1.807) is 4.90 Å². The van der Waals surface area contributed by atoms with Crippen LogP contribution in [0.15, 0.2) is 18.2 Å². The fraction of sp³-hybridized carbons (Fsp3) is 0.500. The van der Waals surface area contributed by atoms with Crippen molar-refractivity contribution in [1.29, 1.82) is 5.26 Å². The second-order valence-electron chi connectivity index (χ2n) is 5.73. The molecular weight excluding hydrogens is 250 g/mol. The lowest BCUT2D eigenvalue weighted by Crippen LogP contribution is -2.50. The number of nitrogens with one attached hydrogen (secondary N) is 1. The molecule has 0 aliphatic carbocycles. The summed E-state index contributed by atoms with van der Waals surface area (Å²) < 4.78 is 0. The summed E-state index contributed by atoms with van der Waals surface area (Å²) in [7, 11) is 0. The van der Waals surface area contributed by atoms with E-state index in [1.165, 1.54) is 16.7 Å². The first-order valence-electron chi connectivity index (χ1n) is 7.21. The number of hydrogen-bond acceptors (Lipinski definition) is 3. The Morgan fingerprint density at radius 2 is 2.30 bits per heavy atom. The zero-order valence-electron chi connectivity index (χ0n) is 11.7. The Hall–Kier alpha value is -1.86. The molecule has 0 spiro atoms. The Bertz CT molecular complexity index is 576. The summed E-state index contributed by atoms with van der Waals surface area (Å²) in [4.78, 5) is 14.3. The van der Waals surface area contributed by atoms with Gasteiger partial charge in [0.25, 0.3) is 0 Å². The third kappa shape index (κ3) is 2.30. The molecule has 0 saturated carbocycles. The zero-order valence-corrected chi connectivity index (χ0v) is 11.7. The van der Waals surface area contributed by atoms with Crippen molar-refractivity contribution in [3.63, 3.8) is 0 Å². The summed E-state index contributed by atoms with van der Waals surface area (Å²) in [6, 6.07) is 8.22. The number of amides is 1. The fourth-order valence-electron chi connectivity index (χ4n) is 3.18. The molecule has 4 heteroatoms. The maximum atomic E-state index is 12.6. The molecule has 2 aliphatic heterocycles. The minimum atomic E-state index is -0.233. The van der Waals surface area contributed by atoms with Gasteiger partial charge in [0.2, 0.25) is 5.91 Å². The van der Waals surface area contributed by atoms with Gasteiger partial charge < -0.3 is 10.2 Å². The molecule has 0 radical (unpaired) electrons. The van der Waals surface area contributed by atoms with Crippen LogP contribution in [0.2, 0.25) is 0 Å². The molecule has 0 bridgehead atoms. The Morgan fingerprint density at radius 3 is 3.10 bits per heavy atom. The number of benzene rings is 1. The molecule has 2 heterocycles. The molecule has 20 heavy (non-hydrogen) atoms. The normalized spacial score (nSPS) is 25.1. The molecule has 1 unspecified atom stereocenters. The predicted molar refractivity (Wildman–Crippen MR) is 75.9 cm³/mol. The van der Waals surface area contributed by atoms with E-state index < -0.39 is 0 Å². The monoisotopic (exact) mass is 269 g/mol. The predicted octanol–water partition coefficient (Wildman–Crippen LogP) is 1.52. The highest BCUT2D eigenvalue weighted by Crippen LogP contribution is 2.22. The van der Waals surface area contributed by atoms with Crippen LogP contribution >= 0.6 is 0 Å². The van der Waals surface area contributed by atoms with E-state index >= 15 is 0 Å². The van der Waals surface area contributed by atoms with Crippen molar-refractivity contribution in [3.8, 4) is 6.07 Å². The van der Waals surface area contributed by atoms with E-state index in [9.17, 15) is 4.79 Å². The van der Waals surface area contributed by atoms with Gasteiger partial charge in [0.05, 0.1) is 12.1 Å². The Kier molecular flexibility index (Phi) is 3.45. The van der Waals surface area contributed by atoms with E-state index in [-0.39, 0.29) is 18.0 Å². The SMILES string of the molecule is Cc1ccc2c(c1)CN[C@H](C(=O)N1CCCC1C#N)C2. The summed E-state index contributed by atoms with van der Waals surface area (Å²) in [6.45, 7) is 3.54. The summed E-state index contributed by atoms with van der Waals surface area (Å²) in [5, 5.41) is 12.4. The number of hydrogen-bond donors (Lipinski definition) is 1. The van der Waals surface area contributed by atoms with Crippen LogP contribution in [0.3, 0.4) is 0 Å². The van der Waals surface area contributed by atoms with Gasteiger partial charge in [-0.25, -0.2) is 0 Å². The molecule has 1 aromatic rings. The van der Waals surface area contributed by atoms with Crippen LogP contribution in [0, 0.1) is 18.3 Å². The van der Waals surface area contributed by atoms with Gasteiger partial charge in [-0.3, -0.25) is 4.79 Å². The minimum absolute atomic E-state index is 0.0836. The summed E-state index contributed by atoms with van der Waals surface area (Å²) >= 11 is 0. The van der Waals surface area contributed by atoms with Gasteiger partial charge in [0.15, 0.2) is 0 Å². The molecule has 1 N–H and O–H groups in total. The van der Waals surface area contributed by atoms with Crippen molar-refractivity contribution in [1.82, 2.24) is 10.2 Å². The average molecular weight is 269 g/mol. The van der Waals surface area contributed by atoms with Gasteiger partial charge in [-0.15, -0.1) is 0 Å². The lowest BCUT2D eigenvalue weighted by Gasteiger charge is -2.30. The van der Waals surface area contributed by atoms with Gasteiger partial charge in [-0.05, 0) is 37.3 Å². The van der Waals surface area contributed by atoms with Crippen LogP contribution in [-0.4, -0.2) is 29.4 Å². The summed E-state index contributed by atoms with van der Waals surface area (Å²) in [5.41, 5.74) is 3.78. The number of likely N-dealkylation sites (tertiary alicyclic amines) is 1. The van der Waals surface area contributed by atoms with E-state index in [1.807, 2.05) is 0 Å². The quantitative estimate of drug-likeness (QED) is 0.841. The van der Waals surface area contributed by atoms with Crippen LogP contribution < -0.4 is 5.32 Å². The van der Waals surface area contributed by atoms with Crippen molar-refractivity contribution in [2.45, 2.75) is 44.8 Å². The molecule has 3 rings (SSSR count). The minimum Gasteiger partial charge on any atom is -0.325 e. The smallest absolute Gasteiger partial charge is 0.241 e. The lowest BCUT2D eigenvalue weighted by molar-refractivity contribution is -0.133. The van der Waals surface area contributed by atoms with Crippen molar-refractivity contribution in [2.24, 2.45) is 0 Å². The number of carbonyl (C=O) groups excluding carboxylic acids is 1. The highest BCUT2D eigenvalue weighted by atomic mass is 16.2. The van der Waals surface area contributed by atoms with Crippen molar-refractivity contribution in [2.75, 3.05) is 6.54 Å². The highest BCUT2D eigenvalue weighted by Gasteiger charge is 2.34. The largest absolute Gasteiger partial charge is 0.325 e. The van der Waals surface area contributed by atoms with Crippen molar-refractivity contribution in [3.05, 3.63) is 34.9 Å². The second kappa shape index (κ2) is 5.26.